The van der Waals surface area contributed by atoms with Gasteiger partial charge in [-0.2, -0.15) is 0 Å². The van der Waals surface area contributed by atoms with Crippen molar-refractivity contribution in [3.05, 3.63) is 30.1 Å². The van der Waals surface area contributed by atoms with Crippen LogP contribution >= 0.6 is 0 Å². The van der Waals surface area contributed by atoms with E-state index in [0.717, 1.165) is 42.6 Å². The first-order chi connectivity index (χ1) is 12.5. The third-order valence-corrected chi connectivity index (χ3v) is 6.87. The van der Waals surface area contributed by atoms with Gasteiger partial charge in [0.05, 0.1) is 12.6 Å². The molecule has 4 aliphatic rings. The lowest BCUT2D eigenvalue weighted by molar-refractivity contribution is -0.129. The van der Waals surface area contributed by atoms with Crippen molar-refractivity contribution in [2.24, 2.45) is 23.2 Å². The zero-order valence-electron chi connectivity index (χ0n) is 15.7. The number of hydrogen-bond acceptors (Lipinski definition) is 4. The summed E-state index contributed by atoms with van der Waals surface area (Å²) in [4.78, 5) is 18.4. The minimum atomic E-state index is -0.400. The zero-order chi connectivity index (χ0) is 18.1. The number of carbonyl (C=O) groups is 1. The number of likely N-dealkylation sites (N-methyl/N-ethyl adjacent to an activating group) is 1. The fraction of sp³-hybridized carbons (Fsp3) is 0.714. The lowest BCUT2D eigenvalue weighted by atomic mass is 9.48. The van der Waals surface area contributed by atoms with Crippen molar-refractivity contribution in [1.29, 1.82) is 0 Å². The van der Waals surface area contributed by atoms with Gasteiger partial charge in [-0.05, 0) is 80.4 Å². The molecule has 5 rings (SSSR count). The zero-order valence-corrected chi connectivity index (χ0v) is 15.7. The van der Waals surface area contributed by atoms with Crippen LogP contribution in [0.1, 0.15) is 44.1 Å². The van der Waals surface area contributed by atoms with Gasteiger partial charge < -0.3 is 10.4 Å². The van der Waals surface area contributed by atoms with Crippen molar-refractivity contribution in [3.8, 4) is 0 Å². The Morgan fingerprint density at radius 1 is 1.31 bits per heavy atom. The summed E-state index contributed by atoms with van der Waals surface area (Å²) in [5.74, 6) is 2.44. The van der Waals surface area contributed by atoms with Crippen LogP contribution in [0.5, 0.6) is 0 Å². The van der Waals surface area contributed by atoms with E-state index in [-0.39, 0.29) is 11.3 Å². The van der Waals surface area contributed by atoms with E-state index < -0.39 is 6.10 Å². The molecule has 0 aromatic carbocycles. The normalized spacial score (nSPS) is 33.4. The first-order valence-electron chi connectivity index (χ1n) is 10.0. The van der Waals surface area contributed by atoms with Gasteiger partial charge in [-0.25, -0.2) is 0 Å². The van der Waals surface area contributed by atoms with Crippen LogP contribution in [0.15, 0.2) is 24.5 Å². The molecular formula is C21H31N3O2. The van der Waals surface area contributed by atoms with E-state index in [1.54, 1.807) is 6.20 Å². The first-order valence-corrected chi connectivity index (χ1v) is 10.0. The lowest BCUT2D eigenvalue weighted by Crippen LogP contribution is -2.54. The van der Waals surface area contributed by atoms with Gasteiger partial charge in [-0.1, -0.05) is 6.07 Å². The summed E-state index contributed by atoms with van der Waals surface area (Å²) >= 11 is 0. The summed E-state index contributed by atoms with van der Waals surface area (Å²) in [7, 11) is 1.93. The van der Waals surface area contributed by atoms with Gasteiger partial charge in [-0.15, -0.1) is 0 Å². The van der Waals surface area contributed by atoms with E-state index in [0.29, 0.717) is 19.6 Å². The molecule has 5 heteroatoms. The molecule has 1 heterocycles. The molecule has 1 amide bonds. The van der Waals surface area contributed by atoms with Gasteiger partial charge in [0.2, 0.25) is 5.91 Å². The van der Waals surface area contributed by atoms with Crippen molar-refractivity contribution in [3.63, 3.8) is 0 Å². The lowest BCUT2D eigenvalue weighted by Gasteiger charge is -2.58. The smallest absolute Gasteiger partial charge is 0.234 e. The van der Waals surface area contributed by atoms with Crippen LogP contribution in [0.3, 0.4) is 0 Å². The highest BCUT2D eigenvalue weighted by molar-refractivity contribution is 5.78. The Hall–Kier alpha value is -1.46. The number of nitrogens with one attached hydrogen (secondary N) is 1. The van der Waals surface area contributed by atoms with E-state index in [4.69, 9.17) is 0 Å². The molecule has 1 aromatic heterocycles. The third kappa shape index (κ3) is 3.79. The second-order valence-corrected chi connectivity index (χ2v) is 9.13. The Labute approximate surface area is 156 Å². The first kappa shape index (κ1) is 17.9. The van der Waals surface area contributed by atoms with E-state index >= 15 is 0 Å². The SMILES string of the molecule is CN(CC(=O)NCC(O)C12CC3CC(CC(C3)C1)C2)Cc1cccnc1. The Morgan fingerprint density at radius 3 is 2.54 bits per heavy atom. The Morgan fingerprint density at radius 2 is 1.96 bits per heavy atom. The number of aliphatic hydroxyl groups excluding tert-OH is 1. The van der Waals surface area contributed by atoms with Gasteiger partial charge in [0.25, 0.3) is 0 Å². The van der Waals surface area contributed by atoms with Crippen molar-refractivity contribution in [2.75, 3.05) is 20.1 Å². The minimum absolute atomic E-state index is 0.0137. The molecular weight excluding hydrogens is 326 g/mol. The highest BCUT2D eigenvalue weighted by Crippen LogP contribution is 2.61. The molecule has 4 fully saturated rings. The minimum Gasteiger partial charge on any atom is -0.391 e. The predicted octanol–water partition coefficient (Wildman–Crippen LogP) is 2.21. The Balaban J connectivity index is 1.25. The fourth-order valence-electron chi connectivity index (χ4n) is 6.17. The quantitative estimate of drug-likeness (QED) is 0.785. The molecule has 5 nitrogen and oxygen atoms in total. The number of pyridine rings is 1. The van der Waals surface area contributed by atoms with Crippen LogP contribution in [0.25, 0.3) is 0 Å². The Kier molecular flexibility index (Phi) is 5.02. The maximum atomic E-state index is 12.3. The van der Waals surface area contributed by atoms with Crippen molar-refractivity contribution >= 4 is 5.91 Å². The fourth-order valence-corrected chi connectivity index (χ4v) is 6.17. The van der Waals surface area contributed by atoms with Crippen molar-refractivity contribution in [2.45, 2.75) is 51.2 Å². The molecule has 2 N–H and O–H groups in total. The molecule has 4 saturated carbocycles. The number of nitrogens with zero attached hydrogens (tertiary/aromatic N) is 2. The number of hydrogen-bond donors (Lipinski definition) is 2. The van der Waals surface area contributed by atoms with E-state index in [1.807, 2.05) is 30.3 Å². The second kappa shape index (κ2) is 7.28. The highest BCUT2D eigenvalue weighted by Gasteiger charge is 2.53. The number of amides is 1. The molecule has 0 aliphatic heterocycles. The van der Waals surface area contributed by atoms with Gasteiger partial charge >= 0.3 is 0 Å². The van der Waals surface area contributed by atoms with Crippen LogP contribution < -0.4 is 5.32 Å². The maximum Gasteiger partial charge on any atom is 0.234 e. The largest absolute Gasteiger partial charge is 0.391 e. The summed E-state index contributed by atoms with van der Waals surface area (Å²) in [6.45, 7) is 1.42. The monoisotopic (exact) mass is 357 g/mol. The van der Waals surface area contributed by atoms with E-state index in [9.17, 15) is 9.90 Å². The molecule has 1 aromatic rings. The average molecular weight is 357 g/mol. The van der Waals surface area contributed by atoms with Crippen LogP contribution in [0.4, 0.5) is 0 Å². The standard InChI is InChI=1S/C21H31N3O2/c1-24(13-15-3-2-4-22-11-15)14-20(26)23-12-19(25)21-8-16-5-17(9-21)7-18(6-16)10-21/h2-4,11,16-19,25H,5-10,12-14H2,1H3,(H,23,26). The van der Waals surface area contributed by atoms with Gasteiger partial charge in [0, 0.05) is 25.5 Å². The second-order valence-electron chi connectivity index (χ2n) is 9.13. The van der Waals surface area contributed by atoms with E-state index in [1.165, 1.54) is 19.3 Å². The molecule has 4 aliphatic carbocycles. The summed E-state index contributed by atoms with van der Waals surface area (Å²) in [6.07, 6.45) is 10.8. The molecule has 0 radical (unpaired) electrons. The van der Waals surface area contributed by atoms with E-state index in [2.05, 4.69) is 10.3 Å². The van der Waals surface area contributed by atoms with Gasteiger partial charge in [-0.3, -0.25) is 14.7 Å². The van der Waals surface area contributed by atoms with Gasteiger partial charge in [0.15, 0.2) is 0 Å². The average Bonchev–Trinajstić information content (AvgIpc) is 2.59. The predicted molar refractivity (Wildman–Crippen MR) is 100 cm³/mol. The molecule has 0 spiro atoms. The number of rotatable bonds is 7. The molecule has 1 unspecified atom stereocenters. The summed E-state index contributed by atoms with van der Waals surface area (Å²) in [5.41, 5.74) is 1.17. The topological polar surface area (TPSA) is 65.5 Å². The summed E-state index contributed by atoms with van der Waals surface area (Å²) in [5, 5.41) is 13.9. The highest BCUT2D eigenvalue weighted by atomic mass is 16.3. The molecule has 4 bridgehead atoms. The third-order valence-electron chi connectivity index (χ3n) is 6.87. The van der Waals surface area contributed by atoms with Crippen LogP contribution in [-0.2, 0) is 11.3 Å². The van der Waals surface area contributed by atoms with Crippen LogP contribution in [-0.4, -0.2) is 47.1 Å². The Bertz CT molecular complexity index is 598. The maximum absolute atomic E-state index is 12.3. The summed E-state index contributed by atoms with van der Waals surface area (Å²) < 4.78 is 0. The molecule has 26 heavy (non-hydrogen) atoms. The number of aliphatic hydroxyl groups is 1. The van der Waals surface area contributed by atoms with Crippen LogP contribution in [0, 0.1) is 23.2 Å². The molecule has 142 valence electrons. The number of aromatic nitrogens is 1. The van der Waals surface area contributed by atoms with Crippen LogP contribution in [0.2, 0.25) is 0 Å². The van der Waals surface area contributed by atoms with Crippen molar-refractivity contribution in [1.82, 2.24) is 15.2 Å². The number of carbonyl (C=O) groups excluding carboxylic acids is 1. The molecule has 1 atom stereocenters. The van der Waals surface area contributed by atoms with Crippen molar-refractivity contribution < 1.29 is 9.90 Å². The summed E-state index contributed by atoms with van der Waals surface area (Å²) in [6, 6.07) is 3.92. The molecule has 0 saturated heterocycles. The van der Waals surface area contributed by atoms with Gasteiger partial charge in [0.1, 0.15) is 0 Å².